The monoisotopic (exact) mass is 293 g/mol. The van der Waals surface area contributed by atoms with Crippen LogP contribution in [0, 0.1) is 0 Å². The first-order chi connectivity index (χ1) is 10.0. The van der Waals surface area contributed by atoms with Crippen LogP contribution in [0.25, 0.3) is 0 Å². The largest absolute Gasteiger partial charge is 0.491 e. The number of unbranched alkanes of at least 4 members (excludes halogenated alkanes) is 2. The highest BCUT2D eigenvalue weighted by atomic mass is 16.5. The third kappa shape index (κ3) is 8.74. The number of rotatable bonds is 10. The first-order valence-electron chi connectivity index (χ1n) is 8.06. The van der Waals surface area contributed by atoms with Crippen LogP contribution in [0.15, 0.2) is 24.3 Å². The minimum atomic E-state index is 0.107. The molecule has 0 fully saturated rings. The summed E-state index contributed by atoms with van der Waals surface area (Å²) in [6.45, 7) is 11.6. The number of hydrogen-bond acceptors (Lipinski definition) is 3. The Hall–Kier alpha value is -1.06. The standard InChI is InChI=1S/C18H31NO2/c1-5-6-9-12-20-13-14-21-17-11-8-7-10-16(17)15-19-18(2,3)4/h7-8,10-11,19H,5-6,9,12-15H2,1-4H3. The molecule has 1 rings (SSSR count). The third-order valence-corrected chi connectivity index (χ3v) is 3.16. The zero-order valence-electron chi connectivity index (χ0n) is 14.1. The van der Waals surface area contributed by atoms with Crippen molar-refractivity contribution < 1.29 is 9.47 Å². The summed E-state index contributed by atoms with van der Waals surface area (Å²) in [6, 6.07) is 8.19. The van der Waals surface area contributed by atoms with Gasteiger partial charge in [0.05, 0.1) is 6.61 Å². The molecule has 0 heterocycles. The molecule has 1 aromatic carbocycles. The Balaban J connectivity index is 2.31. The molecule has 0 radical (unpaired) electrons. The number of nitrogens with one attached hydrogen (secondary N) is 1. The second-order valence-corrected chi connectivity index (χ2v) is 6.38. The van der Waals surface area contributed by atoms with Crippen LogP contribution >= 0.6 is 0 Å². The minimum Gasteiger partial charge on any atom is -0.491 e. The maximum atomic E-state index is 5.84. The molecule has 0 saturated carbocycles. The lowest BCUT2D eigenvalue weighted by atomic mass is 10.1. The van der Waals surface area contributed by atoms with Crippen molar-refractivity contribution in [3.63, 3.8) is 0 Å². The van der Waals surface area contributed by atoms with E-state index in [9.17, 15) is 0 Å². The summed E-state index contributed by atoms with van der Waals surface area (Å²) < 4.78 is 11.4. The molecule has 0 bridgehead atoms. The number of para-hydroxylation sites is 1. The molecule has 0 aliphatic carbocycles. The highest BCUT2D eigenvalue weighted by molar-refractivity contribution is 5.33. The molecular formula is C18H31NO2. The van der Waals surface area contributed by atoms with E-state index in [0.29, 0.717) is 13.2 Å². The zero-order valence-corrected chi connectivity index (χ0v) is 14.1. The fourth-order valence-corrected chi connectivity index (χ4v) is 1.92. The highest BCUT2D eigenvalue weighted by Crippen LogP contribution is 2.18. The van der Waals surface area contributed by atoms with Gasteiger partial charge in [0.25, 0.3) is 0 Å². The van der Waals surface area contributed by atoms with Gasteiger partial charge in [-0.1, -0.05) is 38.0 Å². The highest BCUT2D eigenvalue weighted by Gasteiger charge is 2.10. The van der Waals surface area contributed by atoms with Crippen molar-refractivity contribution in [3.05, 3.63) is 29.8 Å². The molecule has 0 spiro atoms. The average Bonchev–Trinajstić information content (AvgIpc) is 2.44. The lowest BCUT2D eigenvalue weighted by molar-refractivity contribution is 0.0969. The first kappa shape index (κ1) is 18.0. The summed E-state index contributed by atoms with van der Waals surface area (Å²) in [6.07, 6.45) is 3.61. The van der Waals surface area contributed by atoms with E-state index in [-0.39, 0.29) is 5.54 Å². The van der Waals surface area contributed by atoms with E-state index in [1.165, 1.54) is 18.4 Å². The van der Waals surface area contributed by atoms with Crippen LogP contribution in [-0.4, -0.2) is 25.4 Å². The minimum absolute atomic E-state index is 0.107. The van der Waals surface area contributed by atoms with Crippen LogP contribution in [-0.2, 0) is 11.3 Å². The van der Waals surface area contributed by atoms with E-state index in [0.717, 1.165) is 25.3 Å². The van der Waals surface area contributed by atoms with Crippen LogP contribution in [0.4, 0.5) is 0 Å². The molecule has 120 valence electrons. The first-order valence-corrected chi connectivity index (χ1v) is 8.06. The van der Waals surface area contributed by atoms with Gasteiger partial charge in [-0.25, -0.2) is 0 Å². The van der Waals surface area contributed by atoms with Crippen LogP contribution in [0.2, 0.25) is 0 Å². The maximum Gasteiger partial charge on any atom is 0.123 e. The van der Waals surface area contributed by atoms with Crippen molar-refractivity contribution in [3.8, 4) is 5.75 Å². The Labute approximate surface area is 130 Å². The second kappa shape index (κ2) is 9.80. The van der Waals surface area contributed by atoms with Crippen LogP contribution in [0.1, 0.15) is 52.5 Å². The molecule has 0 aliphatic rings. The van der Waals surface area contributed by atoms with Crippen molar-refractivity contribution in [2.45, 2.75) is 59.0 Å². The summed E-state index contributed by atoms with van der Waals surface area (Å²) in [5.74, 6) is 0.950. The van der Waals surface area contributed by atoms with Crippen molar-refractivity contribution in [2.24, 2.45) is 0 Å². The Morgan fingerprint density at radius 2 is 1.76 bits per heavy atom. The van der Waals surface area contributed by atoms with Gasteiger partial charge in [0.15, 0.2) is 0 Å². The number of ether oxygens (including phenoxy) is 2. The predicted octanol–water partition coefficient (Wildman–Crippen LogP) is 4.16. The van der Waals surface area contributed by atoms with E-state index in [1.807, 2.05) is 18.2 Å². The molecule has 0 aliphatic heterocycles. The SMILES string of the molecule is CCCCCOCCOc1ccccc1CNC(C)(C)C. The molecule has 0 unspecified atom stereocenters. The average molecular weight is 293 g/mol. The van der Waals surface area contributed by atoms with E-state index in [1.54, 1.807) is 0 Å². The smallest absolute Gasteiger partial charge is 0.123 e. The molecule has 1 aromatic rings. The topological polar surface area (TPSA) is 30.5 Å². The van der Waals surface area contributed by atoms with Gasteiger partial charge < -0.3 is 14.8 Å². The fraction of sp³-hybridized carbons (Fsp3) is 0.667. The van der Waals surface area contributed by atoms with Gasteiger partial charge >= 0.3 is 0 Å². The normalized spacial score (nSPS) is 11.6. The molecule has 3 heteroatoms. The predicted molar refractivity (Wildman–Crippen MR) is 88.9 cm³/mol. The Kier molecular flexibility index (Phi) is 8.40. The van der Waals surface area contributed by atoms with Crippen molar-refractivity contribution in [2.75, 3.05) is 19.8 Å². The lowest BCUT2D eigenvalue weighted by Crippen LogP contribution is -2.35. The molecule has 0 saturated heterocycles. The van der Waals surface area contributed by atoms with Crippen molar-refractivity contribution in [1.29, 1.82) is 0 Å². The molecule has 0 amide bonds. The van der Waals surface area contributed by atoms with E-state index in [4.69, 9.17) is 9.47 Å². The Morgan fingerprint density at radius 3 is 2.48 bits per heavy atom. The Bertz CT molecular complexity index is 385. The van der Waals surface area contributed by atoms with Crippen molar-refractivity contribution >= 4 is 0 Å². The summed E-state index contributed by atoms with van der Waals surface area (Å²) in [7, 11) is 0. The van der Waals surface area contributed by atoms with Gasteiger partial charge in [-0.2, -0.15) is 0 Å². The van der Waals surface area contributed by atoms with E-state index >= 15 is 0 Å². The maximum absolute atomic E-state index is 5.84. The summed E-state index contributed by atoms with van der Waals surface area (Å²) in [5.41, 5.74) is 1.30. The second-order valence-electron chi connectivity index (χ2n) is 6.38. The van der Waals surface area contributed by atoms with E-state index in [2.05, 4.69) is 39.1 Å². The molecule has 0 atom stereocenters. The third-order valence-electron chi connectivity index (χ3n) is 3.16. The van der Waals surface area contributed by atoms with Gasteiger partial charge in [-0.15, -0.1) is 0 Å². The van der Waals surface area contributed by atoms with Gasteiger partial charge in [0, 0.05) is 24.3 Å². The number of benzene rings is 1. The summed E-state index contributed by atoms with van der Waals surface area (Å²) in [4.78, 5) is 0. The van der Waals surface area contributed by atoms with Crippen molar-refractivity contribution in [1.82, 2.24) is 5.32 Å². The fourth-order valence-electron chi connectivity index (χ4n) is 1.92. The van der Waals surface area contributed by atoms with Gasteiger partial charge in [-0.3, -0.25) is 0 Å². The van der Waals surface area contributed by atoms with Crippen LogP contribution in [0.5, 0.6) is 5.75 Å². The Morgan fingerprint density at radius 1 is 1.00 bits per heavy atom. The van der Waals surface area contributed by atoms with Crippen LogP contribution < -0.4 is 10.1 Å². The van der Waals surface area contributed by atoms with Gasteiger partial charge in [0.2, 0.25) is 0 Å². The lowest BCUT2D eigenvalue weighted by Gasteiger charge is -2.21. The van der Waals surface area contributed by atoms with E-state index < -0.39 is 0 Å². The quantitative estimate of drug-likeness (QED) is 0.657. The molecule has 3 nitrogen and oxygen atoms in total. The molecular weight excluding hydrogens is 262 g/mol. The molecule has 1 N–H and O–H groups in total. The summed E-state index contributed by atoms with van der Waals surface area (Å²) in [5, 5.41) is 3.49. The molecule has 0 aromatic heterocycles. The zero-order chi connectivity index (χ0) is 15.6. The number of hydrogen-bond donors (Lipinski definition) is 1. The summed E-state index contributed by atoms with van der Waals surface area (Å²) >= 11 is 0. The molecule has 21 heavy (non-hydrogen) atoms. The van der Waals surface area contributed by atoms with Crippen LogP contribution in [0.3, 0.4) is 0 Å². The van der Waals surface area contributed by atoms with Gasteiger partial charge in [0.1, 0.15) is 12.4 Å². The van der Waals surface area contributed by atoms with Gasteiger partial charge in [-0.05, 0) is 33.3 Å².